The van der Waals surface area contributed by atoms with Gasteiger partial charge in [0.1, 0.15) is 5.65 Å². The highest BCUT2D eigenvalue weighted by Crippen LogP contribution is 2.20. The fourth-order valence-electron chi connectivity index (χ4n) is 2.71. The van der Waals surface area contributed by atoms with Crippen LogP contribution in [0.2, 0.25) is 0 Å². The molecule has 4 rings (SSSR count). The van der Waals surface area contributed by atoms with E-state index in [2.05, 4.69) is 23.1 Å². The van der Waals surface area contributed by atoms with Crippen LogP contribution in [0.15, 0.2) is 61.1 Å². The Morgan fingerprint density at radius 2 is 1.82 bits per heavy atom. The van der Waals surface area contributed by atoms with Crippen molar-refractivity contribution in [3.63, 3.8) is 0 Å². The number of hydrogen-bond donors (Lipinski definition) is 0. The Labute approximate surface area is 128 Å². The second kappa shape index (κ2) is 5.22. The van der Waals surface area contributed by atoms with E-state index in [1.165, 1.54) is 0 Å². The smallest absolute Gasteiger partial charge is 0.136 e. The molecule has 4 heteroatoms. The van der Waals surface area contributed by atoms with Crippen LogP contribution in [0.4, 0.5) is 0 Å². The van der Waals surface area contributed by atoms with Gasteiger partial charge in [-0.3, -0.25) is 4.98 Å². The van der Waals surface area contributed by atoms with Crippen LogP contribution >= 0.6 is 0 Å². The van der Waals surface area contributed by atoms with Crippen molar-refractivity contribution in [1.82, 2.24) is 19.4 Å². The highest BCUT2D eigenvalue weighted by Gasteiger charge is 2.12. The van der Waals surface area contributed by atoms with E-state index in [9.17, 15) is 0 Å². The average Bonchev–Trinajstić information content (AvgIpc) is 2.96. The predicted octanol–water partition coefficient (Wildman–Crippen LogP) is 3.62. The van der Waals surface area contributed by atoms with Gasteiger partial charge in [-0.15, -0.1) is 0 Å². The first-order valence-corrected chi connectivity index (χ1v) is 7.44. The molecule has 1 atom stereocenters. The zero-order chi connectivity index (χ0) is 14.9. The third kappa shape index (κ3) is 2.33. The molecule has 0 aliphatic heterocycles. The van der Waals surface area contributed by atoms with Crippen LogP contribution in [-0.4, -0.2) is 19.4 Å². The number of rotatable bonds is 3. The van der Waals surface area contributed by atoms with Crippen molar-refractivity contribution in [3.8, 4) is 0 Å². The van der Waals surface area contributed by atoms with Crippen molar-refractivity contribution in [2.45, 2.75) is 19.3 Å². The van der Waals surface area contributed by atoms with Crippen LogP contribution in [0.5, 0.6) is 0 Å². The van der Waals surface area contributed by atoms with Gasteiger partial charge in [0.15, 0.2) is 0 Å². The molecule has 0 N–H and O–H groups in total. The van der Waals surface area contributed by atoms with E-state index in [0.717, 1.165) is 34.5 Å². The summed E-state index contributed by atoms with van der Waals surface area (Å²) in [4.78, 5) is 13.9. The van der Waals surface area contributed by atoms with Crippen molar-refractivity contribution in [2.24, 2.45) is 0 Å². The molecule has 0 aliphatic carbocycles. The summed E-state index contributed by atoms with van der Waals surface area (Å²) in [5.74, 6) is 0.280. The van der Waals surface area contributed by atoms with E-state index in [1.807, 2.05) is 59.3 Å². The molecule has 1 aromatic carbocycles. The molecular formula is C18H16N4. The molecule has 1 unspecified atom stereocenters. The summed E-state index contributed by atoms with van der Waals surface area (Å²) in [5.41, 5.74) is 4.95. The van der Waals surface area contributed by atoms with Gasteiger partial charge in [-0.2, -0.15) is 0 Å². The Morgan fingerprint density at radius 1 is 1.00 bits per heavy atom. The molecule has 3 heterocycles. The molecule has 0 fully saturated rings. The summed E-state index contributed by atoms with van der Waals surface area (Å²) in [6.07, 6.45) is 6.84. The van der Waals surface area contributed by atoms with Gasteiger partial charge >= 0.3 is 0 Å². The van der Waals surface area contributed by atoms with Crippen LogP contribution < -0.4 is 0 Å². The third-order valence-corrected chi connectivity index (χ3v) is 3.90. The number of nitrogens with zero attached hydrogens (tertiary/aromatic N) is 4. The highest BCUT2D eigenvalue weighted by atomic mass is 15.0. The lowest BCUT2D eigenvalue weighted by atomic mass is 10.0. The molecule has 108 valence electrons. The van der Waals surface area contributed by atoms with Crippen molar-refractivity contribution in [3.05, 3.63) is 72.4 Å². The Kier molecular flexibility index (Phi) is 3.07. The van der Waals surface area contributed by atoms with Crippen molar-refractivity contribution < 1.29 is 0 Å². The maximum Gasteiger partial charge on any atom is 0.136 e. The third-order valence-electron chi connectivity index (χ3n) is 3.90. The minimum Gasteiger partial charge on any atom is -0.307 e. The molecule has 0 bridgehead atoms. The highest BCUT2D eigenvalue weighted by molar-refractivity contribution is 5.73. The summed E-state index contributed by atoms with van der Waals surface area (Å²) in [6, 6.07) is 14.0. The number of benzene rings is 1. The van der Waals surface area contributed by atoms with E-state index in [-0.39, 0.29) is 5.92 Å². The lowest BCUT2D eigenvalue weighted by molar-refractivity contribution is 0.719. The molecule has 0 amide bonds. The Bertz CT molecular complexity index is 909. The van der Waals surface area contributed by atoms with Gasteiger partial charge in [0.05, 0.1) is 22.4 Å². The van der Waals surface area contributed by atoms with Crippen LogP contribution in [0.1, 0.15) is 24.2 Å². The number of fused-ring (bicyclic) bond motifs is 2. The van der Waals surface area contributed by atoms with Gasteiger partial charge < -0.3 is 4.40 Å². The SMILES string of the molecule is CC(Cc1cn2ccccc2n1)c1cnc2ccccc2n1. The van der Waals surface area contributed by atoms with E-state index in [1.54, 1.807) is 0 Å². The number of pyridine rings is 1. The maximum absolute atomic E-state index is 4.73. The second-order valence-electron chi connectivity index (χ2n) is 5.59. The normalized spacial score (nSPS) is 12.8. The first-order valence-electron chi connectivity index (χ1n) is 7.44. The first kappa shape index (κ1) is 13.0. The van der Waals surface area contributed by atoms with Crippen molar-refractivity contribution in [2.75, 3.05) is 0 Å². The quantitative estimate of drug-likeness (QED) is 0.578. The monoisotopic (exact) mass is 288 g/mol. The summed E-state index contributed by atoms with van der Waals surface area (Å²) >= 11 is 0. The summed E-state index contributed by atoms with van der Waals surface area (Å²) in [5, 5.41) is 0. The second-order valence-corrected chi connectivity index (χ2v) is 5.59. The van der Waals surface area contributed by atoms with Crippen LogP contribution in [0.3, 0.4) is 0 Å². The minimum atomic E-state index is 0.280. The molecule has 3 aromatic heterocycles. The topological polar surface area (TPSA) is 43.1 Å². The van der Waals surface area contributed by atoms with Crippen molar-refractivity contribution in [1.29, 1.82) is 0 Å². The molecule has 0 spiro atoms. The molecule has 0 aliphatic rings. The first-order chi connectivity index (χ1) is 10.8. The lowest BCUT2D eigenvalue weighted by Gasteiger charge is -2.09. The average molecular weight is 288 g/mol. The van der Waals surface area contributed by atoms with E-state index in [4.69, 9.17) is 4.98 Å². The van der Waals surface area contributed by atoms with Crippen molar-refractivity contribution >= 4 is 16.7 Å². The Balaban J connectivity index is 1.63. The molecule has 4 aromatic rings. The molecule has 0 saturated heterocycles. The standard InChI is InChI=1S/C18H16N4/c1-13(10-14-12-22-9-5-4-8-18(22)20-14)17-11-19-15-6-2-3-7-16(15)21-17/h2-9,11-13H,10H2,1H3. The van der Waals surface area contributed by atoms with Gasteiger partial charge in [-0.1, -0.05) is 25.1 Å². The summed E-state index contributed by atoms with van der Waals surface area (Å²) in [6.45, 7) is 2.17. The number of para-hydroxylation sites is 2. The van der Waals surface area contributed by atoms with Gasteiger partial charge in [0, 0.05) is 24.5 Å². The Morgan fingerprint density at radius 3 is 2.68 bits per heavy atom. The maximum atomic E-state index is 4.73. The van der Waals surface area contributed by atoms with Gasteiger partial charge in [0.2, 0.25) is 0 Å². The van der Waals surface area contributed by atoms with Crippen LogP contribution in [-0.2, 0) is 6.42 Å². The molecule has 22 heavy (non-hydrogen) atoms. The molecular weight excluding hydrogens is 272 g/mol. The van der Waals surface area contributed by atoms with Gasteiger partial charge in [-0.05, 0) is 30.7 Å². The Hall–Kier alpha value is -2.75. The largest absolute Gasteiger partial charge is 0.307 e. The van der Waals surface area contributed by atoms with Gasteiger partial charge in [-0.25, -0.2) is 9.97 Å². The lowest BCUT2D eigenvalue weighted by Crippen LogP contribution is -2.02. The van der Waals surface area contributed by atoms with E-state index >= 15 is 0 Å². The van der Waals surface area contributed by atoms with Crippen LogP contribution in [0, 0.1) is 0 Å². The van der Waals surface area contributed by atoms with Crippen LogP contribution in [0.25, 0.3) is 16.7 Å². The van der Waals surface area contributed by atoms with E-state index in [0.29, 0.717) is 0 Å². The molecule has 4 nitrogen and oxygen atoms in total. The van der Waals surface area contributed by atoms with E-state index < -0.39 is 0 Å². The number of aromatic nitrogens is 4. The molecule has 0 saturated carbocycles. The van der Waals surface area contributed by atoms with Gasteiger partial charge in [0.25, 0.3) is 0 Å². The molecule has 0 radical (unpaired) electrons. The number of imidazole rings is 1. The minimum absolute atomic E-state index is 0.280. The summed E-state index contributed by atoms with van der Waals surface area (Å²) in [7, 11) is 0. The fourth-order valence-corrected chi connectivity index (χ4v) is 2.71. The number of hydrogen-bond acceptors (Lipinski definition) is 3. The zero-order valence-electron chi connectivity index (χ0n) is 12.3. The fraction of sp³-hybridized carbons (Fsp3) is 0.167. The summed E-state index contributed by atoms with van der Waals surface area (Å²) < 4.78 is 2.05. The predicted molar refractivity (Wildman–Crippen MR) is 86.8 cm³/mol. The zero-order valence-corrected chi connectivity index (χ0v) is 12.3.